The van der Waals surface area contributed by atoms with Crippen LogP contribution in [0.5, 0.6) is 0 Å². The van der Waals surface area contributed by atoms with E-state index in [4.69, 9.17) is 21.8 Å². The minimum Gasteiger partial charge on any atom is -0.444 e. The highest BCUT2D eigenvalue weighted by Crippen LogP contribution is 2.28. The van der Waals surface area contributed by atoms with E-state index in [1.54, 1.807) is 12.3 Å². The molecule has 0 radical (unpaired) electrons. The van der Waals surface area contributed by atoms with Crippen LogP contribution in [0.4, 0.5) is 5.95 Å². The van der Waals surface area contributed by atoms with E-state index in [1.807, 2.05) is 30.5 Å². The molecule has 0 amide bonds. The maximum Gasteiger partial charge on any atom is 0.217 e. The molecule has 19 heavy (non-hydrogen) atoms. The highest BCUT2D eigenvalue weighted by Gasteiger charge is 2.19. The number of oxazole rings is 1. The molecular weight excluding hydrogens is 264 g/mol. The van der Waals surface area contributed by atoms with Crippen LogP contribution in [0, 0.1) is 6.92 Å². The molecule has 0 spiro atoms. The van der Waals surface area contributed by atoms with Crippen molar-refractivity contribution in [2.24, 2.45) is 0 Å². The number of benzene rings is 1. The Labute approximate surface area is 115 Å². The van der Waals surface area contributed by atoms with Gasteiger partial charge in [0.1, 0.15) is 11.8 Å². The molecule has 98 valence electrons. The summed E-state index contributed by atoms with van der Waals surface area (Å²) in [6.45, 7) is 3.83. The van der Waals surface area contributed by atoms with Crippen molar-refractivity contribution in [2.45, 2.75) is 19.9 Å². The molecule has 1 atom stereocenters. The van der Waals surface area contributed by atoms with Crippen LogP contribution < -0.4 is 5.73 Å². The first-order valence-electron chi connectivity index (χ1n) is 5.91. The Morgan fingerprint density at radius 3 is 2.89 bits per heavy atom. The lowest BCUT2D eigenvalue weighted by molar-refractivity contribution is 0.421. The number of hydrogen-bond donors (Lipinski definition) is 1. The number of nitrogen functional groups attached to an aromatic ring is 1. The summed E-state index contributed by atoms with van der Waals surface area (Å²) in [7, 11) is 0. The van der Waals surface area contributed by atoms with Crippen LogP contribution in [0.1, 0.15) is 24.6 Å². The molecule has 2 aromatic heterocycles. The SMILES string of the molecule is Cc1cnc(C(C)n2c(N)nc3cc(Cl)ccc32)o1. The Bertz CT molecular complexity index is 746. The number of fused-ring (bicyclic) bond motifs is 1. The molecule has 0 aliphatic heterocycles. The maximum absolute atomic E-state index is 5.99. The summed E-state index contributed by atoms with van der Waals surface area (Å²) in [4.78, 5) is 8.55. The van der Waals surface area contributed by atoms with Crippen LogP contribution in [-0.4, -0.2) is 14.5 Å². The van der Waals surface area contributed by atoms with Crippen LogP contribution in [0.15, 0.2) is 28.8 Å². The average molecular weight is 277 g/mol. The number of nitrogens with zero attached hydrogens (tertiary/aromatic N) is 3. The van der Waals surface area contributed by atoms with Crippen molar-refractivity contribution in [2.75, 3.05) is 5.73 Å². The van der Waals surface area contributed by atoms with E-state index < -0.39 is 0 Å². The van der Waals surface area contributed by atoms with Gasteiger partial charge in [-0.3, -0.25) is 4.57 Å². The van der Waals surface area contributed by atoms with Crippen LogP contribution in [0.2, 0.25) is 5.02 Å². The third-order valence-corrected chi connectivity index (χ3v) is 3.30. The highest BCUT2D eigenvalue weighted by molar-refractivity contribution is 6.31. The van der Waals surface area contributed by atoms with Crippen molar-refractivity contribution in [1.29, 1.82) is 0 Å². The predicted molar refractivity (Wildman–Crippen MR) is 74.2 cm³/mol. The van der Waals surface area contributed by atoms with E-state index in [0.717, 1.165) is 16.8 Å². The van der Waals surface area contributed by atoms with Crippen LogP contribution >= 0.6 is 11.6 Å². The number of aromatic nitrogens is 3. The fourth-order valence-electron chi connectivity index (χ4n) is 2.17. The Morgan fingerprint density at radius 1 is 1.42 bits per heavy atom. The Hall–Kier alpha value is -2.01. The molecular formula is C13H13ClN4O. The summed E-state index contributed by atoms with van der Waals surface area (Å²) in [5.74, 6) is 1.80. The van der Waals surface area contributed by atoms with E-state index in [-0.39, 0.29) is 6.04 Å². The minimum atomic E-state index is -0.125. The molecule has 0 saturated heterocycles. The molecule has 0 bridgehead atoms. The molecule has 3 aromatic rings. The quantitative estimate of drug-likeness (QED) is 0.780. The van der Waals surface area contributed by atoms with E-state index in [1.165, 1.54) is 0 Å². The summed E-state index contributed by atoms with van der Waals surface area (Å²) in [6, 6.07) is 5.37. The molecule has 6 heteroatoms. The zero-order valence-corrected chi connectivity index (χ0v) is 11.3. The maximum atomic E-state index is 5.99. The molecule has 0 fully saturated rings. The average Bonchev–Trinajstić information content (AvgIpc) is 2.91. The van der Waals surface area contributed by atoms with Gasteiger partial charge in [-0.05, 0) is 32.0 Å². The zero-order chi connectivity index (χ0) is 13.6. The van der Waals surface area contributed by atoms with Crippen LogP contribution in [-0.2, 0) is 0 Å². The van der Waals surface area contributed by atoms with Gasteiger partial charge in [0.2, 0.25) is 11.8 Å². The van der Waals surface area contributed by atoms with E-state index in [9.17, 15) is 0 Å². The van der Waals surface area contributed by atoms with Crippen molar-refractivity contribution in [3.63, 3.8) is 0 Å². The van der Waals surface area contributed by atoms with Gasteiger partial charge < -0.3 is 10.2 Å². The van der Waals surface area contributed by atoms with Crippen molar-refractivity contribution in [1.82, 2.24) is 14.5 Å². The van der Waals surface area contributed by atoms with Crippen molar-refractivity contribution in [3.8, 4) is 0 Å². The molecule has 0 saturated carbocycles. The number of anilines is 1. The number of aryl methyl sites for hydroxylation is 1. The van der Waals surface area contributed by atoms with E-state index >= 15 is 0 Å². The summed E-state index contributed by atoms with van der Waals surface area (Å²) >= 11 is 5.96. The topological polar surface area (TPSA) is 69.9 Å². The first kappa shape index (κ1) is 12.0. The monoisotopic (exact) mass is 276 g/mol. The fraction of sp³-hybridized carbons (Fsp3) is 0.231. The van der Waals surface area contributed by atoms with Gasteiger partial charge in [-0.2, -0.15) is 0 Å². The number of nitrogens with two attached hydrogens (primary N) is 1. The summed E-state index contributed by atoms with van der Waals surface area (Å²) in [6.07, 6.45) is 1.69. The van der Waals surface area contributed by atoms with Gasteiger partial charge in [0.05, 0.1) is 17.2 Å². The number of hydrogen-bond acceptors (Lipinski definition) is 4. The Balaban J connectivity index is 2.16. The lowest BCUT2D eigenvalue weighted by Gasteiger charge is -2.12. The molecule has 2 N–H and O–H groups in total. The van der Waals surface area contributed by atoms with Gasteiger partial charge in [0, 0.05) is 5.02 Å². The van der Waals surface area contributed by atoms with Gasteiger partial charge in [-0.25, -0.2) is 9.97 Å². The van der Waals surface area contributed by atoms with Gasteiger partial charge in [-0.15, -0.1) is 0 Å². The van der Waals surface area contributed by atoms with Crippen LogP contribution in [0.3, 0.4) is 0 Å². The smallest absolute Gasteiger partial charge is 0.217 e. The molecule has 2 heterocycles. The zero-order valence-electron chi connectivity index (χ0n) is 10.6. The predicted octanol–water partition coefficient (Wildman–Crippen LogP) is 3.18. The molecule has 3 rings (SSSR count). The van der Waals surface area contributed by atoms with E-state index in [0.29, 0.717) is 16.9 Å². The number of imidazole rings is 1. The Kier molecular flexibility index (Phi) is 2.71. The molecule has 0 aliphatic rings. The normalized spacial score (nSPS) is 13.0. The molecule has 0 aliphatic carbocycles. The summed E-state index contributed by atoms with van der Waals surface area (Å²) in [5, 5.41) is 0.636. The third-order valence-electron chi connectivity index (χ3n) is 3.06. The van der Waals surface area contributed by atoms with Crippen molar-refractivity contribution in [3.05, 3.63) is 41.1 Å². The third kappa shape index (κ3) is 1.96. The lowest BCUT2D eigenvalue weighted by atomic mass is 10.2. The van der Waals surface area contributed by atoms with Gasteiger partial charge in [-0.1, -0.05) is 11.6 Å². The first-order chi connectivity index (χ1) is 9.06. The van der Waals surface area contributed by atoms with Crippen LogP contribution in [0.25, 0.3) is 11.0 Å². The second-order valence-corrected chi connectivity index (χ2v) is 4.89. The summed E-state index contributed by atoms with van der Waals surface area (Å²) < 4.78 is 7.44. The minimum absolute atomic E-state index is 0.125. The number of rotatable bonds is 2. The van der Waals surface area contributed by atoms with Gasteiger partial charge in [0.25, 0.3) is 0 Å². The molecule has 1 unspecified atom stereocenters. The van der Waals surface area contributed by atoms with Gasteiger partial charge in [0.15, 0.2) is 0 Å². The Morgan fingerprint density at radius 2 is 2.21 bits per heavy atom. The lowest BCUT2D eigenvalue weighted by Crippen LogP contribution is -2.10. The van der Waals surface area contributed by atoms with E-state index in [2.05, 4.69) is 9.97 Å². The largest absolute Gasteiger partial charge is 0.444 e. The fourth-order valence-corrected chi connectivity index (χ4v) is 2.34. The van der Waals surface area contributed by atoms with Gasteiger partial charge >= 0.3 is 0 Å². The van der Waals surface area contributed by atoms with Crippen molar-refractivity contribution >= 4 is 28.6 Å². The van der Waals surface area contributed by atoms with Crippen molar-refractivity contribution < 1.29 is 4.42 Å². The second-order valence-electron chi connectivity index (χ2n) is 4.46. The first-order valence-corrected chi connectivity index (χ1v) is 6.29. The second kappa shape index (κ2) is 4.28. The molecule has 1 aromatic carbocycles. The standard InChI is InChI=1S/C13H13ClN4O/c1-7-6-16-12(19-7)8(2)18-11-4-3-9(14)5-10(11)17-13(18)15/h3-6,8H,1-2H3,(H2,15,17). The summed E-state index contributed by atoms with van der Waals surface area (Å²) in [5.41, 5.74) is 7.66. The number of halogens is 1. The highest BCUT2D eigenvalue weighted by atomic mass is 35.5. The molecule has 5 nitrogen and oxygen atoms in total.